The highest BCUT2D eigenvalue weighted by molar-refractivity contribution is 7.99. The Kier molecular flexibility index (Phi) is 7.67. The Morgan fingerprint density at radius 3 is 1.36 bits per heavy atom. The summed E-state index contributed by atoms with van der Waals surface area (Å²) in [4.78, 5) is 0. The minimum Gasteiger partial charge on any atom is -0.162 e. The Morgan fingerprint density at radius 2 is 1.00 bits per heavy atom. The Morgan fingerprint density at radius 1 is 0.643 bits per heavy atom. The quantitative estimate of drug-likeness (QED) is 0.590. The highest BCUT2D eigenvalue weighted by atomic mass is 32.2. The fourth-order valence-corrected chi connectivity index (χ4v) is 3.17. The van der Waals surface area contributed by atoms with Crippen molar-refractivity contribution < 1.29 is 0 Å². The number of hydrogen-bond donors (Lipinski definition) is 0. The summed E-state index contributed by atoms with van der Waals surface area (Å²) < 4.78 is 0. The fourth-order valence-electron chi connectivity index (χ4n) is 2.36. The van der Waals surface area contributed by atoms with Gasteiger partial charge in [-0.15, -0.1) is 0 Å². The molecule has 0 N–H and O–H groups in total. The predicted octanol–water partition coefficient (Wildman–Crippen LogP) is 5.02. The summed E-state index contributed by atoms with van der Waals surface area (Å²) in [7, 11) is 0. The molecule has 0 radical (unpaired) electrons. The van der Waals surface area contributed by atoms with Crippen LogP contribution in [0.25, 0.3) is 0 Å². The third kappa shape index (κ3) is 5.95. The first kappa shape index (κ1) is 12.4. The first-order chi connectivity index (χ1) is 6.93. The van der Waals surface area contributed by atoms with Crippen LogP contribution in [0.5, 0.6) is 0 Å². The predicted molar refractivity (Wildman–Crippen MR) is 68.1 cm³/mol. The second-order valence-electron chi connectivity index (χ2n) is 4.62. The van der Waals surface area contributed by atoms with Crippen molar-refractivity contribution in [2.45, 2.75) is 75.9 Å². The van der Waals surface area contributed by atoms with Crippen molar-refractivity contribution in [1.82, 2.24) is 0 Å². The van der Waals surface area contributed by atoms with Crippen LogP contribution in [0, 0.1) is 0 Å². The highest BCUT2D eigenvalue weighted by Gasteiger charge is 2.07. The molecule has 0 aliphatic heterocycles. The van der Waals surface area contributed by atoms with Crippen LogP contribution in [0.3, 0.4) is 0 Å². The van der Waals surface area contributed by atoms with Gasteiger partial charge in [0.2, 0.25) is 0 Å². The largest absolute Gasteiger partial charge is 0.162 e. The summed E-state index contributed by atoms with van der Waals surface area (Å²) in [6.07, 6.45) is 18.6. The van der Waals surface area contributed by atoms with Gasteiger partial charge in [0.15, 0.2) is 0 Å². The molecule has 1 aliphatic rings. The van der Waals surface area contributed by atoms with Crippen LogP contribution >= 0.6 is 11.8 Å². The van der Waals surface area contributed by atoms with E-state index >= 15 is 0 Å². The van der Waals surface area contributed by atoms with Crippen LogP contribution < -0.4 is 0 Å². The van der Waals surface area contributed by atoms with Crippen LogP contribution in [0.2, 0.25) is 0 Å². The van der Waals surface area contributed by atoms with Gasteiger partial charge in [-0.2, -0.15) is 11.8 Å². The van der Waals surface area contributed by atoms with Crippen LogP contribution in [-0.4, -0.2) is 11.5 Å². The van der Waals surface area contributed by atoms with Gasteiger partial charge in [0.05, 0.1) is 0 Å². The van der Waals surface area contributed by atoms with Crippen LogP contribution in [0.1, 0.15) is 70.6 Å². The number of rotatable bonds is 1. The zero-order valence-corrected chi connectivity index (χ0v) is 10.6. The molecule has 1 saturated carbocycles. The molecule has 0 aromatic carbocycles. The van der Waals surface area contributed by atoms with E-state index in [1.165, 1.54) is 70.6 Å². The Labute approximate surface area is 94.2 Å². The molecule has 84 valence electrons. The monoisotopic (exact) mass is 214 g/mol. The van der Waals surface area contributed by atoms with Gasteiger partial charge in [-0.25, -0.2) is 0 Å². The number of hydrogen-bond acceptors (Lipinski definition) is 1. The second kappa shape index (κ2) is 8.64. The van der Waals surface area contributed by atoms with Gasteiger partial charge in [0.1, 0.15) is 0 Å². The van der Waals surface area contributed by atoms with E-state index in [9.17, 15) is 0 Å². The van der Waals surface area contributed by atoms with Gasteiger partial charge in [-0.1, -0.05) is 57.8 Å². The summed E-state index contributed by atoms with van der Waals surface area (Å²) in [6.45, 7) is 0. The maximum absolute atomic E-state index is 2.29. The molecule has 1 aliphatic carbocycles. The Hall–Kier alpha value is 0.350. The second-order valence-corrected chi connectivity index (χ2v) is 5.76. The molecule has 0 saturated heterocycles. The smallest absolute Gasteiger partial charge is 0.00442 e. The van der Waals surface area contributed by atoms with E-state index in [2.05, 4.69) is 18.0 Å². The van der Waals surface area contributed by atoms with Crippen molar-refractivity contribution in [3.8, 4) is 0 Å². The molecule has 14 heavy (non-hydrogen) atoms. The number of thioether (sulfide) groups is 1. The molecule has 0 unspecified atom stereocenters. The van der Waals surface area contributed by atoms with Crippen molar-refractivity contribution in [2.75, 3.05) is 6.26 Å². The summed E-state index contributed by atoms with van der Waals surface area (Å²) in [5.74, 6) is 0. The molecular weight excluding hydrogens is 188 g/mol. The molecule has 0 atom stereocenters. The molecule has 0 bridgehead atoms. The van der Waals surface area contributed by atoms with Gasteiger partial charge in [-0.3, -0.25) is 0 Å². The fraction of sp³-hybridized carbons (Fsp3) is 1.00. The highest BCUT2D eigenvalue weighted by Crippen LogP contribution is 2.23. The summed E-state index contributed by atoms with van der Waals surface area (Å²) in [5, 5.41) is 0.967. The average molecular weight is 214 g/mol. The maximum atomic E-state index is 2.29. The van der Waals surface area contributed by atoms with Crippen molar-refractivity contribution in [3.63, 3.8) is 0 Å². The van der Waals surface area contributed by atoms with E-state index in [-0.39, 0.29) is 0 Å². The van der Waals surface area contributed by atoms with E-state index in [0.29, 0.717) is 0 Å². The van der Waals surface area contributed by atoms with Crippen LogP contribution in [-0.2, 0) is 0 Å². The van der Waals surface area contributed by atoms with Gasteiger partial charge in [0.25, 0.3) is 0 Å². The lowest BCUT2D eigenvalue weighted by atomic mass is 10.0. The Balaban J connectivity index is 2.17. The van der Waals surface area contributed by atoms with E-state index in [4.69, 9.17) is 0 Å². The van der Waals surface area contributed by atoms with Crippen LogP contribution in [0.4, 0.5) is 0 Å². The molecule has 1 rings (SSSR count). The Bertz CT molecular complexity index is 110. The van der Waals surface area contributed by atoms with Gasteiger partial charge >= 0.3 is 0 Å². The minimum absolute atomic E-state index is 0.967. The van der Waals surface area contributed by atoms with Crippen molar-refractivity contribution in [2.24, 2.45) is 0 Å². The molecule has 1 heteroatoms. The first-order valence-corrected chi connectivity index (χ1v) is 7.75. The zero-order chi connectivity index (χ0) is 10.1. The lowest BCUT2D eigenvalue weighted by Crippen LogP contribution is -2.02. The van der Waals surface area contributed by atoms with E-state index in [1.807, 2.05) is 0 Å². The molecule has 0 amide bonds. The lowest BCUT2D eigenvalue weighted by molar-refractivity contribution is 0.510. The summed E-state index contributed by atoms with van der Waals surface area (Å²) >= 11 is 2.10. The van der Waals surface area contributed by atoms with Gasteiger partial charge in [-0.05, 0) is 19.1 Å². The normalized spacial score (nSPS) is 23.8. The summed E-state index contributed by atoms with van der Waals surface area (Å²) in [6, 6.07) is 0. The van der Waals surface area contributed by atoms with Crippen molar-refractivity contribution in [1.29, 1.82) is 0 Å². The molecule has 0 aromatic rings. The van der Waals surface area contributed by atoms with E-state index in [1.54, 1.807) is 0 Å². The minimum atomic E-state index is 0.967. The third-order valence-electron chi connectivity index (χ3n) is 3.39. The summed E-state index contributed by atoms with van der Waals surface area (Å²) in [5.41, 5.74) is 0. The van der Waals surface area contributed by atoms with Crippen LogP contribution in [0.15, 0.2) is 0 Å². The van der Waals surface area contributed by atoms with Crippen molar-refractivity contribution in [3.05, 3.63) is 0 Å². The lowest BCUT2D eigenvalue weighted by Gasteiger charge is -2.15. The molecular formula is C13H26S. The van der Waals surface area contributed by atoms with Crippen molar-refractivity contribution >= 4 is 11.8 Å². The molecule has 0 heterocycles. The standard InChI is InChI=1S/C13H26S/c1-14-13-11-9-7-5-3-2-4-6-8-10-12-13/h13H,2-12H2,1H3. The maximum Gasteiger partial charge on any atom is 0.00442 e. The van der Waals surface area contributed by atoms with E-state index in [0.717, 1.165) is 5.25 Å². The first-order valence-electron chi connectivity index (χ1n) is 6.46. The SMILES string of the molecule is CSC1CCCCCCCCCCC1. The molecule has 0 aromatic heterocycles. The molecule has 0 nitrogen and oxygen atoms in total. The van der Waals surface area contributed by atoms with E-state index < -0.39 is 0 Å². The molecule has 0 spiro atoms. The third-order valence-corrected chi connectivity index (χ3v) is 4.52. The zero-order valence-electron chi connectivity index (χ0n) is 9.76. The molecule has 1 fully saturated rings. The topological polar surface area (TPSA) is 0 Å². The average Bonchev–Trinajstić information content (AvgIpc) is 2.19. The van der Waals surface area contributed by atoms with Gasteiger partial charge < -0.3 is 0 Å². The van der Waals surface area contributed by atoms with Gasteiger partial charge in [0, 0.05) is 5.25 Å².